The molecule has 0 aromatic carbocycles. The summed E-state index contributed by atoms with van der Waals surface area (Å²) in [5, 5.41) is 3.51. The first-order valence-corrected chi connectivity index (χ1v) is 11.9. The van der Waals surface area contributed by atoms with Gasteiger partial charge < -0.3 is 10.2 Å². The molecule has 3 N–H and O–H groups in total. The summed E-state index contributed by atoms with van der Waals surface area (Å²) in [6.45, 7) is 4.80. The van der Waals surface area contributed by atoms with Crippen molar-refractivity contribution in [1.29, 1.82) is 0 Å². The number of rotatable bonds is 4. The van der Waals surface area contributed by atoms with E-state index in [1.165, 1.54) is 25.7 Å². The summed E-state index contributed by atoms with van der Waals surface area (Å²) in [7, 11) is -2.52. The Balaban J connectivity index is 1.50. The molecule has 1 saturated heterocycles. The molecule has 0 spiro atoms. The predicted molar refractivity (Wildman–Crippen MR) is 107 cm³/mol. The van der Waals surface area contributed by atoms with E-state index >= 15 is 0 Å². The van der Waals surface area contributed by atoms with Crippen molar-refractivity contribution < 1.29 is 13.9 Å². The van der Waals surface area contributed by atoms with Crippen LogP contribution in [0, 0.1) is 11.8 Å². The molecule has 2 aliphatic carbocycles. The molecule has 1 aliphatic heterocycles. The second-order valence-electron chi connectivity index (χ2n) is 8.58. The smallest absolute Gasteiger partial charge is 0.257 e. The Morgan fingerprint density at radius 1 is 1.26 bits per heavy atom. The van der Waals surface area contributed by atoms with E-state index in [1.54, 1.807) is 11.1 Å². The van der Waals surface area contributed by atoms with E-state index in [0.29, 0.717) is 30.6 Å². The average molecular weight is 395 g/mol. The van der Waals surface area contributed by atoms with E-state index in [0.717, 1.165) is 17.5 Å². The topological polar surface area (TPSA) is 98.6 Å². The van der Waals surface area contributed by atoms with E-state index in [9.17, 15) is 13.9 Å². The zero-order chi connectivity index (χ0) is 19.2. The monoisotopic (exact) mass is 394 g/mol. The highest BCUT2D eigenvalue weighted by Crippen LogP contribution is 2.45. The number of hydrogen-bond acceptors (Lipinski definition) is 6. The summed E-state index contributed by atoms with van der Waals surface area (Å²) in [4.78, 5) is 23.8. The minimum absolute atomic E-state index is 0.109. The third-order valence-corrected chi connectivity index (χ3v) is 7.98. The van der Waals surface area contributed by atoms with Gasteiger partial charge in [0.2, 0.25) is 5.95 Å². The molecule has 1 aromatic heterocycles. The minimum Gasteiger partial charge on any atom is -0.351 e. The molecule has 0 radical (unpaired) electrons. The van der Waals surface area contributed by atoms with E-state index < -0.39 is 10.6 Å². The van der Waals surface area contributed by atoms with Crippen molar-refractivity contribution in [2.75, 3.05) is 29.9 Å². The number of amides is 1. The molecular weight excluding hydrogens is 364 g/mol. The zero-order valence-electron chi connectivity index (χ0n) is 16.1. The number of nitrogens with zero attached hydrogens (tertiary/aromatic N) is 3. The van der Waals surface area contributed by atoms with Crippen LogP contribution in [0.1, 0.15) is 61.5 Å². The Hall–Kier alpha value is -1.38. The molecule has 27 heavy (non-hydrogen) atoms. The van der Waals surface area contributed by atoms with Crippen LogP contribution < -0.4 is 5.32 Å². The van der Waals surface area contributed by atoms with Gasteiger partial charge in [-0.25, -0.2) is 9.97 Å². The Bertz CT molecular complexity index is 717. The lowest BCUT2D eigenvalue weighted by atomic mass is 9.95. The van der Waals surface area contributed by atoms with Crippen LogP contribution in [0.4, 0.5) is 5.95 Å². The van der Waals surface area contributed by atoms with Gasteiger partial charge in [-0.3, -0.25) is 13.9 Å². The highest BCUT2D eigenvalue weighted by atomic mass is 32.3. The fourth-order valence-corrected chi connectivity index (χ4v) is 5.99. The summed E-state index contributed by atoms with van der Waals surface area (Å²) in [6.07, 6.45) is 6.82. The van der Waals surface area contributed by atoms with Gasteiger partial charge in [-0.15, -0.1) is 0 Å². The normalized spacial score (nSPS) is 30.6. The number of fused-ring (bicyclic) bond motifs is 2. The minimum atomic E-state index is -2.52. The Morgan fingerprint density at radius 3 is 2.59 bits per heavy atom. The molecule has 2 saturated carbocycles. The van der Waals surface area contributed by atoms with Crippen LogP contribution in [0.15, 0.2) is 6.20 Å². The van der Waals surface area contributed by atoms with Gasteiger partial charge in [0.05, 0.1) is 22.8 Å². The zero-order valence-corrected chi connectivity index (χ0v) is 16.9. The Morgan fingerprint density at radius 2 is 2.00 bits per heavy atom. The van der Waals surface area contributed by atoms with Gasteiger partial charge in [0.25, 0.3) is 5.91 Å². The quantitative estimate of drug-likeness (QED) is 0.724. The van der Waals surface area contributed by atoms with Crippen LogP contribution in [0.2, 0.25) is 0 Å². The third kappa shape index (κ3) is 3.93. The van der Waals surface area contributed by atoms with Crippen molar-refractivity contribution in [3.63, 3.8) is 0 Å². The van der Waals surface area contributed by atoms with Crippen LogP contribution in [0.25, 0.3) is 0 Å². The lowest BCUT2D eigenvalue weighted by Gasteiger charge is -2.41. The fourth-order valence-electron chi connectivity index (χ4n) is 4.76. The first kappa shape index (κ1) is 19.0. The number of hydrogen-bond donors (Lipinski definition) is 3. The lowest BCUT2D eigenvalue weighted by Crippen LogP contribution is -2.42. The number of aromatic nitrogens is 2. The van der Waals surface area contributed by atoms with Gasteiger partial charge in [0, 0.05) is 25.3 Å². The van der Waals surface area contributed by atoms with Gasteiger partial charge in [0.1, 0.15) is 0 Å². The van der Waals surface area contributed by atoms with Crippen molar-refractivity contribution in [2.45, 2.75) is 51.5 Å². The number of anilines is 1. The van der Waals surface area contributed by atoms with Crippen molar-refractivity contribution in [3.8, 4) is 0 Å². The average Bonchev–Trinajstić information content (AvgIpc) is 3.24. The predicted octanol–water partition coefficient (Wildman–Crippen LogP) is 3.41. The van der Waals surface area contributed by atoms with Gasteiger partial charge in [-0.05, 0) is 37.0 Å². The maximum atomic E-state index is 13.0. The van der Waals surface area contributed by atoms with E-state index in [-0.39, 0.29) is 23.3 Å². The molecule has 2 heterocycles. The molecule has 3 aliphatic rings. The second-order valence-corrected chi connectivity index (χ2v) is 11.0. The summed E-state index contributed by atoms with van der Waals surface area (Å²) in [6, 6.07) is 0.456. The van der Waals surface area contributed by atoms with Crippen LogP contribution in [0.3, 0.4) is 0 Å². The first-order chi connectivity index (χ1) is 12.8. The Labute approximate surface area is 162 Å². The molecule has 3 atom stereocenters. The largest absolute Gasteiger partial charge is 0.351 e. The molecule has 2 bridgehead atoms. The maximum Gasteiger partial charge on any atom is 0.257 e. The Kier molecular flexibility index (Phi) is 5.07. The summed E-state index contributed by atoms with van der Waals surface area (Å²) in [5.41, 5.74) is 1.29. The van der Waals surface area contributed by atoms with Crippen LogP contribution in [-0.4, -0.2) is 60.5 Å². The van der Waals surface area contributed by atoms with Gasteiger partial charge in [0.15, 0.2) is 0 Å². The summed E-state index contributed by atoms with van der Waals surface area (Å²) >= 11 is 0. The van der Waals surface area contributed by atoms with Crippen LogP contribution in [-0.2, 0) is 0 Å². The molecule has 8 heteroatoms. The maximum absolute atomic E-state index is 13.0. The number of nitrogens with one attached hydrogen (secondary N) is 1. The van der Waals surface area contributed by atoms with Crippen LogP contribution >= 0.6 is 10.6 Å². The van der Waals surface area contributed by atoms with Crippen LogP contribution in [0.5, 0.6) is 0 Å². The van der Waals surface area contributed by atoms with Gasteiger partial charge in [-0.2, -0.15) is 10.6 Å². The molecule has 0 unspecified atom stereocenters. The number of carbonyl (C=O) groups excluding carboxylic acids is 1. The van der Waals surface area contributed by atoms with Crippen molar-refractivity contribution in [1.82, 2.24) is 14.9 Å². The lowest BCUT2D eigenvalue weighted by molar-refractivity contribution is 0.0765. The standard InChI is InChI=1S/C19H30N4O3S/c1-12(2)17-15(18(24)23-5-7-27(25,26)8-6-23)11-20-19(22-17)21-16-10-13-3-4-14(16)9-13/h11-14,16,25-26H,3-10H2,1-2H3,(H,20,21,22)/t13-,14-,16-/m1/s1. The molecule has 7 nitrogen and oxygen atoms in total. The van der Waals surface area contributed by atoms with Gasteiger partial charge >= 0.3 is 0 Å². The van der Waals surface area contributed by atoms with Crippen molar-refractivity contribution in [2.24, 2.45) is 11.8 Å². The van der Waals surface area contributed by atoms with Gasteiger partial charge in [-0.1, -0.05) is 20.3 Å². The molecule has 1 amide bonds. The van der Waals surface area contributed by atoms with E-state index in [2.05, 4.69) is 10.3 Å². The van der Waals surface area contributed by atoms with Crippen molar-refractivity contribution >= 4 is 22.4 Å². The molecule has 1 aromatic rings. The molecule has 3 fully saturated rings. The second kappa shape index (κ2) is 7.22. The third-order valence-electron chi connectivity index (χ3n) is 6.31. The molecule has 150 valence electrons. The van der Waals surface area contributed by atoms with E-state index in [1.807, 2.05) is 13.8 Å². The molecular formula is C19H30N4O3S. The first-order valence-electron chi connectivity index (χ1n) is 9.99. The summed E-state index contributed by atoms with van der Waals surface area (Å²) < 4.78 is 19.5. The van der Waals surface area contributed by atoms with E-state index in [4.69, 9.17) is 4.98 Å². The highest BCUT2D eigenvalue weighted by Gasteiger charge is 2.40. The fraction of sp³-hybridized carbons (Fsp3) is 0.737. The summed E-state index contributed by atoms with van der Waals surface area (Å²) in [5.74, 6) is 2.71. The van der Waals surface area contributed by atoms with Crippen molar-refractivity contribution in [3.05, 3.63) is 17.5 Å². The SMILES string of the molecule is CC(C)c1nc(N[C@@H]2C[C@@H]3CC[C@@H]2C3)ncc1C(=O)N1CCS(O)(O)CC1. The molecule has 4 rings (SSSR count). The highest BCUT2D eigenvalue weighted by molar-refractivity contribution is 8.24. The number of carbonyl (C=O) groups is 1.